The Bertz CT molecular complexity index is 1180. The van der Waals surface area contributed by atoms with E-state index < -0.39 is 5.97 Å². The van der Waals surface area contributed by atoms with E-state index in [9.17, 15) is 9.59 Å². The Morgan fingerprint density at radius 3 is 2.44 bits per heavy atom. The molecule has 0 radical (unpaired) electrons. The van der Waals surface area contributed by atoms with E-state index in [2.05, 4.69) is 15.3 Å². The molecular weight excluding hydrogens is 348 g/mol. The van der Waals surface area contributed by atoms with Crippen LogP contribution >= 0.6 is 0 Å². The molecule has 8 heteroatoms. The molecule has 0 spiro atoms. The molecule has 0 N–H and O–H groups in total. The molecule has 134 valence electrons. The van der Waals surface area contributed by atoms with Crippen molar-refractivity contribution in [2.24, 2.45) is 0 Å². The number of esters is 1. The molecular formula is C19H14N4O4. The summed E-state index contributed by atoms with van der Waals surface area (Å²) < 4.78 is 11.6. The zero-order chi connectivity index (χ0) is 18.8. The van der Waals surface area contributed by atoms with Crippen molar-refractivity contribution in [2.75, 3.05) is 0 Å². The van der Waals surface area contributed by atoms with Gasteiger partial charge in [0.25, 0.3) is 11.4 Å². The van der Waals surface area contributed by atoms with Gasteiger partial charge in [-0.25, -0.2) is 4.79 Å². The largest absolute Gasteiger partial charge is 0.451 e. The van der Waals surface area contributed by atoms with Crippen LogP contribution in [-0.4, -0.2) is 25.9 Å². The van der Waals surface area contributed by atoms with Gasteiger partial charge in [0.15, 0.2) is 12.3 Å². The Labute approximate surface area is 153 Å². The van der Waals surface area contributed by atoms with Crippen molar-refractivity contribution in [1.29, 1.82) is 0 Å². The third kappa shape index (κ3) is 3.20. The fourth-order valence-corrected chi connectivity index (χ4v) is 2.68. The van der Waals surface area contributed by atoms with Gasteiger partial charge in [0, 0.05) is 12.3 Å². The number of benzene rings is 2. The van der Waals surface area contributed by atoms with Crippen LogP contribution < -0.4 is 5.56 Å². The number of carbonyl (C=O) groups excluding carboxylic acids is 1. The molecule has 2 aromatic carbocycles. The molecule has 8 nitrogen and oxygen atoms in total. The molecule has 4 aromatic rings. The van der Waals surface area contributed by atoms with Crippen LogP contribution in [0, 0.1) is 6.92 Å². The minimum Gasteiger partial charge on any atom is -0.451 e. The van der Waals surface area contributed by atoms with Gasteiger partial charge < -0.3 is 9.15 Å². The molecule has 0 aliphatic rings. The summed E-state index contributed by atoms with van der Waals surface area (Å²) in [5, 5.41) is 12.5. The van der Waals surface area contributed by atoms with Crippen molar-refractivity contribution in [3.8, 4) is 5.69 Å². The summed E-state index contributed by atoms with van der Waals surface area (Å²) in [6, 6.07) is 15.6. The number of hydrogen-bond donors (Lipinski definition) is 0. The second-order valence-electron chi connectivity index (χ2n) is 5.74. The molecule has 0 aliphatic heterocycles. The molecule has 0 unspecified atom stereocenters. The van der Waals surface area contributed by atoms with Crippen LogP contribution in [0.4, 0.5) is 0 Å². The number of fused-ring (bicyclic) bond motifs is 1. The van der Waals surface area contributed by atoms with E-state index in [4.69, 9.17) is 9.15 Å². The van der Waals surface area contributed by atoms with Gasteiger partial charge in [0.2, 0.25) is 5.89 Å². The highest BCUT2D eigenvalue weighted by atomic mass is 16.5. The van der Waals surface area contributed by atoms with E-state index >= 15 is 0 Å². The Morgan fingerprint density at radius 1 is 1.04 bits per heavy atom. The van der Waals surface area contributed by atoms with Gasteiger partial charge in [-0.1, -0.05) is 36.4 Å². The first-order chi connectivity index (χ1) is 13.1. The number of aryl methyl sites for hydroxylation is 1. The van der Waals surface area contributed by atoms with Gasteiger partial charge >= 0.3 is 5.97 Å². The molecule has 27 heavy (non-hydrogen) atoms. The Balaban J connectivity index is 1.78. The SMILES string of the molecule is Cc1nnc(COC(=O)c2nn(-c3ccccc3)c(=O)c3ccccc23)o1. The first kappa shape index (κ1) is 16.6. The number of rotatable bonds is 4. The number of nitrogens with zero attached hydrogens (tertiary/aromatic N) is 4. The topological polar surface area (TPSA) is 100 Å². The minimum absolute atomic E-state index is 0.0327. The number of carbonyl (C=O) groups is 1. The highest BCUT2D eigenvalue weighted by molar-refractivity contribution is 6.02. The maximum Gasteiger partial charge on any atom is 0.359 e. The van der Waals surface area contributed by atoms with Gasteiger partial charge in [-0.3, -0.25) is 4.79 Å². The predicted octanol–water partition coefficient (Wildman–Crippen LogP) is 2.43. The summed E-state index contributed by atoms with van der Waals surface area (Å²) in [6.45, 7) is 1.46. The highest BCUT2D eigenvalue weighted by Gasteiger charge is 2.19. The summed E-state index contributed by atoms with van der Waals surface area (Å²) in [5.74, 6) is -0.129. The summed E-state index contributed by atoms with van der Waals surface area (Å²) in [6.07, 6.45) is 0. The summed E-state index contributed by atoms with van der Waals surface area (Å²) in [7, 11) is 0. The standard InChI is InChI=1S/C19H14N4O4/c1-12-20-21-16(27-12)11-26-19(25)17-14-9-5-6-10-15(14)18(24)23(22-17)13-7-3-2-4-8-13/h2-10H,11H2,1H3. The third-order valence-corrected chi connectivity index (χ3v) is 3.89. The fraction of sp³-hybridized carbons (Fsp3) is 0.105. The van der Waals surface area contributed by atoms with Crippen LogP contribution in [0.2, 0.25) is 0 Å². The van der Waals surface area contributed by atoms with Crippen LogP contribution in [0.3, 0.4) is 0 Å². The third-order valence-electron chi connectivity index (χ3n) is 3.89. The lowest BCUT2D eigenvalue weighted by atomic mass is 10.1. The maximum atomic E-state index is 12.8. The quantitative estimate of drug-likeness (QED) is 0.514. The van der Waals surface area contributed by atoms with Crippen molar-refractivity contribution in [2.45, 2.75) is 13.5 Å². The summed E-state index contributed by atoms with van der Waals surface area (Å²) >= 11 is 0. The van der Waals surface area contributed by atoms with Crippen molar-refractivity contribution >= 4 is 16.7 Å². The minimum atomic E-state index is -0.688. The molecule has 2 heterocycles. The van der Waals surface area contributed by atoms with Gasteiger partial charge in [0.05, 0.1) is 11.1 Å². The lowest BCUT2D eigenvalue weighted by Crippen LogP contribution is -2.25. The zero-order valence-corrected chi connectivity index (χ0v) is 14.3. The van der Waals surface area contributed by atoms with E-state index in [1.165, 1.54) is 4.68 Å². The number of aromatic nitrogens is 4. The number of ether oxygens (including phenoxy) is 1. The van der Waals surface area contributed by atoms with Crippen LogP contribution in [-0.2, 0) is 11.3 Å². The van der Waals surface area contributed by atoms with Gasteiger partial charge in [0.1, 0.15) is 0 Å². The summed E-state index contributed by atoms with van der Waals surface area (Å²) in [4.78, 5) is 25.4. The highest BCUT2D eigenvalue weighted by Crippen LogP contribution is 2.16. The molecule has 0 amide bonds. The van der Waals surface area contributed by atoms with E-state index in [0.717, 1.165) is 0 Å². The maximum absolute atomic E-state index is 12.8. The van der Waals surface area contributed by atoms with Crippen LogP contribution in [0.1, 0.15) is 22.3 Å². The molecule has 4 rings (SSSR count). The lowest BCUT2D eigenvalue weighted by molar-refractivity contribution is 0.0430. The van der Waals surface area contributed by atoms with Crippen molar-refractivity contribution in [1.82, 2.24) is 20.0 Å². The smallest absolute Gasteiger partial charge is 0.359 e. The van der Waals surface area contributed by atoms with E-state index in [1.54, 1.807) is 55.5 Å². The van der Waals surface area contributed by atoms with Crippen molar-refractivity contribution in [3.63, 3.8) is 0 Å². The first-order valence-corrected chi connectivity index (χ1v) is 8.17. The Morgan fingerprint density at radius 2 is 1.74 bits per heavy atom. The summed E-state index contributed by atoms with van der Waals surface area (Å²) in [5.41, 5.74) is 0.265. The first-order valence-electron chi connectivity index (χ1n) is 8.17. The molecule has 0 aliphatic carbocycles. The normalized spacial score (nSPS) is 10.9. The van der Waals surface area contributed by atoms with E-state index in [-0.39, 0.29) is 23.8 Å². The average Bonchev–Trinajstić information content (AvgIpc) is 3.12. The molecule has 0 bridgehead atoms. The van der Waals surface area contributed by atoms with Crippen LogP contribution in [0.5, 0.6) is 0 Å². The van der Waals surface area contributed by atoms with Crippen LogP contribution in [0.25, 0.3) is 16.5 Å². The monoisotopic (exact) mass is 362 g/mol. The van der Waals surface area contributed by atoms with Gasteiger partial charge in [-0.05, 0) is 18.2 Å². The van der Waals surface area contributed by atoms with Crippen molar-refractivity contribution in [3.05, 3.63) is 82.4 Å². The van der Waals surface area contributed by atoms with Gasteiger partial charge in [-0.15, -0.1) is 10.2 Å². The van der Waals surface area contributed by atoms with Crippen molar-refractivity contribution < 1.29 is 13.9 Å². The molecule has 0 atom stereocenters. The van der Waals surface area contributed by atoms with E-state index in [1.807, 2.05) is 6.07 Å². The van der Waals surface area contributed by atoms with Gasteiger partial charge in [-0.2, -0.15) is 9.78 Å². The number of para-hydroxylation sites is 1. The Kier molecular flexibility index (Phi) is 4.21. The number of hydrogen-bond acceptors (Lipinski definition) is 7. The van der Waals surface area contributed by atoms with E-state index in [0.29, 0.717) is 22.4 Å². The molecule has 2 aromatic heterocycles. The second-order valence-corrected chi connectivity index (χ2v) is 5.74. The average molecular weight is 362 g/mol. The molecule has 0 saturated heterocycles. The van der Waals surface area contributed by atoms with Crippen LogP contribution in [0.15, 0.2) is 63.8 Å². The fourth-order valence-electron chi connectivity index (χ4n) is 2.68. The molecule has 0 saturated carbocycles. The Hall–Kier alpha value is -3.81. The second kappa shape index (κ2) is 6.83. The molecule has 0 fully saturated rings. The predicted molar refractivity (Wildman–Crippen MR) is 95.5 cm³/mol. The lowest BCUT2D eigenvalue weighted by Gasteiger charge is -2.10. The zero-order valence-electron chi connectivity index (χ0n) is 14.3.